The lowest BCUT2D eigenvalue weighted by Gasteiger charge is -2.32. The van der Waals surface area contributed by atoms with Gasteiger partial charge in [0.25, 0.3) is 0 Å². The summed E-state index contributed by atoms with van der Waals surface area (Å²) in [5, 5.41) is 0. The summed E-state index contributed by atoms with van der Waals surface area (Å²) in [5.74, 6) is 8.16. The van der Waals surface area contributed by atoms with E-state index in [1.54, 1.807) is 6.26 Å². The highest BCUT2D eigenvalue weighted by atomic mass is 16.3. The molecule has 0 aliphatic carbocycles. The summed E-state index contributed by atoms with van der Waals surface area (Å²) in [5.41, 5.74) is 3.45. The van der Waals surface area contributed by atoms with Crippen molar-refractivity contribution in [3.8, 4) is 11.8 Å². The minimum atomic E-state index is 0.0861. The van der Waals surface area contributed by atoms with E-state index in [2.05, 4.69) is 61.8 Å². The molecule has 0 N–H and O–H groups in total. The second kappa shape index (κ2) is 8.45. The second-order valence-electron chi connectivity index (χ2n) is 6.87. The van der Waals surface area contributed by atoms with Gasteiger partial charge in [-0.1, -0.05) is 61.6 Å². The second-order valence-corrected chi connectivity index (χ2v) is 6.87. The molecular weight excluding hydrogens is 318 g/mol. The van der Waals surface area contributed by atoms with Crippen molar-refractivity contribution >= 4 is 5.69 Å². The predicted molar refractivity (Wildman–Crippen MR) is 108 cm³/mol. The van der Waals surface area contributed by atoms with Crippen LogP contribution in [-0.4, -0.2) is 6.04 Å². The first-order valence-electron chi connectivity index (χ1n) is 9.06. The summed E-state index contributed by atoms with van der Waals surface area (Å²) in [6, 6.07) is 22.8. The van der Waals surface area contributed by atoms with E-state index < -0.39 is 0 Å². The number of nitrogens with zero attached hydrogens (tertiary/aromatic N) is 1. The van der Waals surface area contributed by atoms with Gasteiger partial charge in [-0.05, 0) is 49.2 Å². The molecule has 0 saturated heterocycles. The number of hydrogen-bond donors (Lipinski definition) is 0. The first kappa shape index (κ1) is 17.9. The molecule has 2 aromatic carbocycles. The Bertz CT molecular complexity index is 852. The smallest absolute Gasteiger partial charge is 0.123 e. The predicted octanol–water partition coefficient (Wildman–Crippen LogP) is 5.67. The minimum absolute atomic E-state index is 0.0861. The van der Waals surface area contributed by atoms with Crippen LogP contribution in [0, 0.1) is 24.7 Å². The van der Waals surface area contributed by atoms with Gasteiger partial charge in [-0.3, -0.25) is 0 Å². The normalized spacial score (nSPS) is 11.7. The fourth-order valence-corrected chi connectivity index (χ4v) is 2.94. The average molecular weight is 343 g/mol. The molecule has 0 radical (unpaired) electrons. The van der Waals surface area contributed by atoms with E-state index in [0.29, 0.717) is 12.5 Å². The highest BCUT2D eigenvalue weighted by Gasteiger charge is 2.21. The number of hydrogen-bond acceptors (Lipinski definition) is 2. The molecule has 1 unspecified atom stereocenters. The maximum atomic E-state index is 5.61. The summed E-state index contributed by atoms with van der Waals surface area (Å²) >= 11 is 0. The lowest BCUT2D eigenvalue weighted by molar-refractivity contribution is 0.470. The van der Waals surface area contributed by atoms with Crippen LogP contribution in [0.4, 0.5) is 5.69 Å². The first-order chi connectivity index (χ1) is 12.6. The number of furan rings is 1. The van der Waals surface area contributed by atoms with Crippen molar-refractivity contribution in [1.29, 1.82) is 0 Å². The van der Waals surface area contributed by atoms with E-state index in [4.69, 9.17) is 4.42 Å². The molecule has 0 aliphatic rings. The third-order valence-electron chi connectivity index (χ3n) is 4.38. The Hall–Kier alpha value is -2.92. The van der Waals surface area contributed by atoms with Crippen LogP contribution in [0.3, 0.4) is 0 Å². The maximum Gasteiger partial charge on any atom is 0.123 e. The van der Waals surface area contributed by atoms with Crippen molar-refractivity contribution in [3.63, 3.8) is 0 Å². The zero-order valence-corrected chi connectivity index (χ0v) is 15.6. The number of aryl methyl sites for hydroxylation is 1. The monoisotopic (exact) mass is 343 g/mol. The highest BCUT2D eigenvalue weighted by molar-refractivity contribution is 5.51. The molecule has 0 spiro atoms. The SMILES string of the molecule is Cc1ccc(N(Cc2ccco2)C(C#Cc2ccccc2)C(C)C)cc1. The van der Waals surface area contributed by atoms with Crippen molar-refractivity contribution in [1.82, 2.24) is 0 Å². The van der Waals surface area contributed by atoms with Crippen molar-refractivity contribution in [2.45, 2.75) is 33.4 Å². The molecule has 26 heavy (non-hydrogen) atoms. The van der Waals surface area contributed by atoms with Crippen LogP contribution < -0.4 is 4.90 Å². The Morgan fingerprint density at radius 2 is 1.65 bits per heavy atom. The Morgan fingerprint density at radius 3 is 2.27 bits per heavy atom. The van der Waals surface area contributed by atoms with Gasteiger partial charge in [0.2, 0.25) is 0 Å². The van der Waals surface area contributed by atoms with Crippen LogP contribution in [0.2, 0.25) is 0 Å². The first-order valence-corrected chi connectivity index (χ1v) is 9.06. The van der Waals surface area contributed by atoms with Crippen molar-refractivity contribution in [3.05, 3.63) is 89.9 Å². The largest absolute Gasteiger partial charge is 0.467 e. The molecule has 0 fully saturated rings. The minimum Gasteiger partial charge on any atom is -0.467 e. The van der Waals surface area contributed by atoms with Crippen molar-refractivity contribution < 1.29 is 4.42 Å². The molecule has 0 bridgehead atoms. The van der Waals surface area contributed by atoms with Crippen molar-refractivity contribution in [2.75, 3.05) is 4.90 Å². The summed E-state index contributed by atoms with van der Waals surface area (Å²) in [6.45, 7) is 7.24. The van der Waals surface area contributed by atoms with Crippen LogP contribution in [-0.2, 0) is 6.54 Å². The fourth-order valence-electron chi connectivity index (χ4n) is 2.94. The van der Waals surface area contributed by atoms with E-state index >= 15 is 0 Å². The standard InChI is InChI=1S/C24H25NO/c1-19(2)24(16-13-21-8-5-4-6-9-21)25(18-23-10-7-17-26-23)22-14-11-20(3)12-15-22/h4-12,14-15,17,19,24H,18H2,1-3H3. The van der Waals surface area contributed by atoms with Crippen LogP contribution >= 0.6 is 0 Å². The van der Waals surface area contributed by atoms with Gasteiger partial charge in [0.1, 0.15) is 5.76 Å². The zero-order chi connectivity index (χ0) is 18.4. The van der Waals surface area contributed by atoms with Crippen LogP contribution in [0.15, 0.2) is 77.4 Å². The summed E-state index contributed by atoms with van der Waals surface area (Å²) in [7, 11) is 0. The number of benzene rings is 2. The maximum absolute atomic E-state index is 5.61. The van der Waals surface area contributed by atoms with Crippen LogP contribution in [0.5, 0.6) is 0 Å². The molecule has 0 amide bonds. The molecule has 0 saturated carbocycles. The van der Waals surface area contributed by atoms with Gasteiger partial charge in [0, 0.05) is 11.3 Å². The molecule has 3 rings (SSSR count). The average Bonchev–Trinajstić information content (AvgIpc) is 3.15. The van der Waals surface area contributed by atoms with Crippen molar-refractivity contribution in [2.24, 2.45) is 5.92 Å². The van der Waals surface area contributed by atoms with Crippen LogP contribution in [0.25, 0.3) is 0 Å². The molecule has 132 valence electrons. The third-order valence-corrected chi connectivity index (χ3v) is 4.38. The van der Waals surface area contributed by atoms with Gasteiger partial charge in [-0.25, -0.2) is 0 Å². The third kappa shape index (κ3) is 4.58. The Labute approximate surface area is 156 Å². The lowest BCUT2D eigenvalue weighted by atomic mass is 10.0. The summed E-state index contributed by atoms with van der Waals surface area (Å²) < 4.78 is 5.61. The highest BCUT2D eigenvalue weighted by Crippen LogP contribution is 2.24. The van der Waals surface area contributed by atoms with Crippen LogP contribution in [0.1, 0.15) is 30.7 Å². The molecule has 0 aliphatic heterocycles. The topological polar surface area (TPSA) is 16.4 Å². The van der Waals surface area contributed by atoms with Gasteiger partial charge in [-0.2, -0.15) is 0 Å². The van der Waals surface area contributed by atoms with E-state index in [9.17, 15) is 0 Å². The van der Waals surface area contributed by atoms with Gasteiger partial charge in [-0.15, -0.1) is 0 Å². The summed E-state index contributed by atoms with van der Waals surface area (Å²) in [6.07, 6.45) is 1.72. The lowest BCUT2D eigenvalue weighted by Crippen LogP contribution is -2.37. The molecular formula is C24H25NO. The zero-order valence-electron chi connectivity index (χ0n) is 15.6. The summed E-state index contributed by atoms with van der Waals surface area (Å²) in [4.78, 5) is 2.33. The molecule has 1 aromatic heterocycles. The van der Waals surface area contributed by atoms with E-state index in [0.717, 1.165) is 17.0 Å². The Kier molecular flexibility index (Phi) is 5.81. The Balaban J connectivity index is 1.96. The Morgan fingerprint density at radius 1 is 0.923 bits per heavy atom. The van der Waals surface area contributed by atoms with Gasteiger partial charge in [0.15, 0.2) is 0 Å². The molecule has 1 heterocycles. The molecule has 2 heteroatoms. The van der Waals surface area contributed by atoms with E-state index in [-0.39, 0.29) is 6.04 Å². The quantitative estimate of drug-likeness (QED) is 0.555. The number of anilines is 1. The molecule has 3 aromatic rings. The fraction of sp³-hybridized carbons (Fsp3) is 0.250. The van der Waals surface area contributed by atoms with Gasteiger partial charge in [0.05, 0.1) is 18.8 Å². The van der Waals surface area contributed by atoms with Gasteiger partial charge < -0.3 is 9.32 Å². The molecule has 1 atom stereocenters. The van der Waals surface area contributed by atoms with E-state index in [1.165, 1.54) is 5.56 Å². The molecule has 2 nitrogen and oxygen atoms in total. The number of rotatable bonds is 5. The van der Waals surface area contributed by atoms with E-state index in [1.807, 2.05) is 42.5 Å². The van der Waals surface area contributed by atoms with Gasteiger partial charge >= 0.3 is 0 Å².